The zero-order valence-corrected chi connectivity index (χ0v) is 22.5. The molecule has 5 rings (SSSR count). The van der Waals surface area contributed by atoms with Gasteiger partial charge in [0.25, 0.3) is 0 Å². The summed E-state index contributed by atoms with van der Waals surface area (Å²) in [4.78, 5) is 5.29. The average molecular weight is 485 g/mol. The minimum atomic E-state index is -0.0706. The normalized spacial score (nSPS) is 12.2. The van der Waals surface area contributed by atoms with Crippen LogP contribution in [0.15, 0.2) is 97.1 Å². The highest BCUT2D eigenvalue weighted by atomic mass is 15.0. The molecule has 0 bridgehead atoms. The molecule has 0 aliphatic carbocycles. The zero-order valence-electron chi connectivity index (χ0n) is 22.5. The summed E-state index contributed by atoms with van der Waals surface area (Å²) < 4.78 is 0. The summed E-state index contributed by atoms with van der Waals surface area (Å²) in [6, 6.07) is 34.9. The van der Waals surface area contributed by atoms with Crippen LogP contribution >= 0.6 is 0 Å². The molecule has 0 fully saturated rings. The molecule has 5 aromatic rings. The predicted molar refractivity (Wildman–Crippen MR) is 158 cm³/mol. The van der Waals surface area contributed by atoms with Gasteiger partial charge in [0.1, 0.15) is 0 Å². The number of hydrogen-bond donors (Lipinski definition) is 1. The third-order valence-corrected chi connectivity index (χ3v) is 7.18. The third-order valence-electron chi connectivity index (χ3n) is 7.18. The van der Waals surface area contributed by atoms with Gasteiger partial charge in [-0.2, -0.15) is 0 Å². The van der Waals surface area contributed by atoms with Gasteiger partial charge < -0.3 is 5.32 Å². The lowest BCUT2D eigenvalue weighted by molar-refractivity contribution is 0.838. The highest BCUT2D eigenvalue weighted by molar-refractivity contribution is 5.95. The molecule has 1 unspecified atom stereocenters. The van der Waals surface area contributed by atoms with Gasteiger partial charge in [-0.3, -0.25) is 4.98 Å². The first-order chi connectivity index (χ1) is 17.9. The number of rotatable bonds is 7. The van der Waals surface area contributed by atoms with Crippen LogP contribution in [-0.2, 0) is 6.42 Å². The van der Waals surface area contributed by atoms with E-state index in [2.05, 4.69) is 137 Å². The van der Waals surface area contributed by atoms with Gasteiger partial charge in [-0.25, -0.2) is 0 Å². The van der Waals surface area contributed by atoms with Crippen LogP contribution in [0.25, 0.3) is 22.0 Å². The lowest BCUT2D eigenvalue weighted by Gasteiger charge is -2.26. The molecule has 186 valence electrons. The van der Waals surface area contributed by atoms with E-state index in [0.717, 1.165) is 23.4 Å². The van der Waals surface area contributed by atoms with Crippen LogP contribution in [0.4, 0.5) is 5.69 Å². The Morgan fingerprint density at radius 3 is 2.22 bits per heavy atom. The maximum atomic E-state index is 5.29. The Balaban J connectivity index is 1.68. The number of aryl methyl sites for hydroxylation is 3. The van der Waals surface area contributed by atoms with Crippen molar-refractivity contribution in [2.24, 2.45) is 0 Å². The largest absolute Gasteiger partial charge is 0.372 e. The second-order valence-corrected chi connectivity index (χ2v) is 10.4. The molecule has 1 N–H and O–H groups in total. The van der Waals surface area contributed by atoms with Gasteiger partial charge in [-0.15, -0.1) is 0 Å². The predicted octanol–water partition coefficient (Wildman–Crippen LogP) is 9.41. The molecule has 37 heavy (non-hydrogen) atoms. The van der Waals surface area contributed by atoms with Crippen LogP contribution in [0.1, 0.15) is 66.2 Å². The summed E-state index contributed by atoms with van der Waals surface area (Å²) in [5.74, 6) is 0.420. The molecule has 2 heteroatoms. The lowest BCUT2D eigenvalue weighted by atomic mass is 9.93. The minimum absolute atomic E-state index is 0.0706. The van der Waals surface area contributed by atoms with E-state index >= 15 is 0 Å². The van der Waals surface area contributed by atoms with E-state index in [-0.39, 0.29) is 6.04 Å². The Morgan fingerprint density at radius 2 is 1.46 bits per heavy atom. The van der Waals surface area contributed by atoms with E-state index in [1.807, 2.05) is 0 Å². The second-order valence-electron chi connectivity index (χ2n) is 10.4. The molecular weight excluding hydrogens is 448 g/mol. The van der Waals surface area contributed by atoms with Crippen molar-refractivity contribution in [1.82, 2.24) is 4.98 Å². The second kappa shape index (κ2) is 10.6. The van der Waals surface area contributed by atoms with Crippen molar-refractivity contribution in [3.05, 3.63) is 131 Å². The van der Waals surface area contributed by atoms with Gasteiger partial charge >= 0.3 is 0 Å². The number of aromatic nitrogens is 1. The highest BCUT2D eigenvalue weighted by Gasteiger charge is 2.21. The van der Waals surface area contributed by atoms with E-state index < -0.39 is 0 Å². The molecule has 1 heterocycles. The van der Waals surface area contributed by atoms with Crippen LogP contribution in [-0.4, -0.2) is 4.98 Å². The number of benzene rings is 4. The van der Waals surface area contributed by atoms with E-state index in [0.29, 0.717) is 5.92 Å². The third kappa shape index (κ3) is 5.15. The van der Waals surface area contributed by atoms with Crippen molar-refractivity contribution in [2.75, 3.05) is 5.32 Å². The van der Waals surface area contributed by atoms with E-state index in [9.17, 15) is 0 Å². The zero-order chi connectivity index (χ0) is 25.9. The number of fused-ring (bicyclic) bond motifs is 1. The lowest BCUT2D eigenvalue weighted by Crippen LogP contribution is -2.17. The van der Waals surface area contributed by atoms with Crippen LogP contribution in [0, 0.1) is 13.8 Å². The van der Waals surface area contributed by atoms with Crippen molar-refractivity contribution < 1.29 is 0 Å². The van der Waals surface area contributed by atoms with Crippen molar-refractivity contribution in [3.8, 4) is 11.3 Å². The summed E-state index contributed by atoms with van der Waals surface area (Å²) in [6.07, 6.45) is 0.978. The fourth-order valence-corrected chi connectivity index (χ4v) is 5.43. The highest BCUT2D eigenvalue weighted by Crippen LogP contribution is 2.35. The molecule has 1 atom stereocenters. The topological polar surface area (TPSA) is 24.9 Å². The van der Waals surface area contributed by atoms with Crippen LogP contribution < -0.4 is 5.32 Å². The monoisotopic (exact) mass is 484 g/mol. The minimum Gasteiger partial charge on any atom is -0.372 e. The van der Waals surface area contributed by atoms with Crippen molar-refractivity contribution in [2.45, 2.75) is 53.0 Å². The molecule has 0 spiro atoms. The number of hydrogen-bond acceptors (Lipinski definition) is 2. The van der Waals surface area contributed by atoms with Gasteiger partial charge in [0.05, 0.1) is 17.4 Å². The van der Waals surface area contributed by atoms with Gasteiger partial charge in [-0.05, 0) is 65.8 Å². The number of para-hydroxylation sites is 1. The standard InChI is InChI=1S/C35H36N2/c1-6-26-13-9-16-29(23(2)3)34(26)37-35(28-21-24(4)20-25(5)22-28)33-19-11-18-32(36-33)31-17-10-14-27-12-7-8-15-30(27)31/h7-23,35,37H,6H2,1-5H3. The summed E-state index contributed by atoms with van der Waals surface area (Å²) in [5, 5.41) is 6.45. The summed E-state index contributed by atoms with van der Waals surface area (Å²) in [7, 11) is 0. The first-order valence-electron chi connectivity index (χ1n) is 13.4. The number of nitrogens with zero attached hydrogens (tertiary/aromatic N) is 1. The van der Waals surface area contributed by atoms with Gasteiger partial charge in [0.15, 0.2) is 0 Å². The smallest absolute Gasteiger partial charge is 0.0940 e. The van der Waals surface area contributed by atoms with Gasteiger partial charge in [-0.1, -0.05) is 117 Å². The molecule has 0 saturated carbocycles. The molecule has 4 aromatic carbocycles. The van der Waals surface area contributed by atoms with E-state index in [1.165, 1.54) is 44.3 Å². The number of nitrogens with one attached hydrogen (secondary N) is 1. The first kappa shape index (κ1) is 24.8. The average Bonchev–Trinajstić information content (AvgIpc) is 2.90. The Morgan fingerprint density at radius 1 is 0.757 bits per heavy atom. The maximum Gasteiger partial charge on any atom is 0.0940 e. The summed E-state index contributed by atoms with van der Waals surface area (Å²) >= 11 is 0. The molecule has 0 aliphatic rings. The molecule has 0 amide bonds. The quantitative estimate of drug-likeness (QED) is 0.249. The summed E-state index contributed by atoms with van der Waals surface area (Å²) in [6.45, 7) is 11.1. The van der Waals surface area contributed by atoms with E-state index in [4.69, 9.17) is 4.98 Å². The fraction of sp³-hybridized carbons (Fsp3) is 0.229. The van der Waals surface area contributed by atoms with Gasteiger partial charge in [0, 0.05) is 11.3 Å². The van der Waals surface area contributed by atoms with Crippen molar-refractivity contribution >= 4 is 16.5 Å². The Labute approximate surface area is 221 Å². The van der Waals surface area contributed by atoms with Crippen LogP contribution in [0.2, 0.25) is 0 Å². The van der Waals surface area contributed by atoms with Crippen molar-refractivity contribution in [1.29, 1.82) is 0 Å². The summed E-state index contributed by atoms with van der Waals surface area (Å²) in [5.41, 5.74) is 10.9. The van der Waals surface area contributed by atoms with Crippen molar-refractivity contribution in [3.63, 3.8) is 0 Å². The Kier molecular flexibility index (Phi) is 7.10. The number of anilines is 1. The van der Waals surface area contributed by atoms with Crippen LogP contribution in [0.5, 0.6) is 0 Å². The SMILES string of the molecule is CCc1cccc(C(C)C)c1NC(c1cc(C)cc(C)c1)c1cccc(-c2cccc3ccccc23)n1. The molecule has 0 radical (unpaired) electrons. The maximum absolute atomic E-state index is 5.29. The van der Waals surface area contributed by atoms with Crippen LogP contribution in [0.3, 0.4) is 0 Å². The van der Waals surface area contributed by atoms with E-state index in [1.54, 1.807) is 0 Å². The molecule has 2 nitrogen and oxygen atoms in total. The fourth-order valence-electron chi connectivity index (χ4n) is 5.43. The number of pyridine rings is 1. The molecular formula is C35H36N2. The first-order valence-corrected chi connectivity index (χ1v) is 13.4. The Bertz CT molecular complexity index is 1520. The molecule has 1 aromatic heterocycles. The Hall–Kier alpha value is -3.91. The van der Waals surface area contributed by atoms with Gasteiger partial charge in [0.2, 0.25) is 0 Å². The molecule has 0 saturated heterocycles. The molecule has 0 aliphatic heterocycles.